The van der Waals surface area contributed by atoms with Gasteiger partial charge in [0, 0.05) is 31.4 Å². The van der Waals surface area contributed by atoms with Crippen molar-refractivity contribution in [1.29, 1.82) is 0 Å². The van der Waals surface area contributed by atoms with Gasteiger partial charge in [0.1, 0.15) is 5.82 Å². The van der Waals surface area contributed by atoms with E-state index in [1.807, 2.05) is 12.1 Å². The summed E-state index contributed by atoms with van der Waals surface area (Å²) in [4.78, 5) is 19.0. The summed E-state index contributed by atoms with van der Waals surface area (Å²) in [7, 11) is 0. The second-order valence-electron chi connectivity index (χ2n) is 5.97. The van der Waals surface area contributed by atoms with E-state index in [0.29, 0.717) is 23.6 Å². The monoisotopic (exact) mass is 325 g/mol. The maximum atomic E-state index is 12.3. The highest BCUT2D eigenvalue weighted by atomic mass is 16.7. The first kappa shape index (κ1) is 14.8. The van der Waals surface area contributed by atoms with E-state index < -0.39 is 0 Å². The van der Waals surface area contributed by atoms with Crippen LogP contribution in [0.1, 0.15) is 28.8 Å². The molecule has 1 fully saturated rings. The van der Waals surface area contributed by atoms with Crippen molar-refractivity contribution in [2.75, 3.05) is 24.8 Å². The van der Waals surface area contributed by atoms with E-state index in [1.54, 1.807) is 24.4 Å². The molecule has 0 radical (unpaired) electrons. The molecule has 0 bridgehead atoms. The van der Waals surface area contributed by atoms with Crippen LogP contribution in [0.4, 0.5) is 5.82 Å². The minimum absolute atomic E-state index is 0.132. The summed E-state index contributed by atoms with van der Waals surface area (Å²) in [5.41, 5.74) is 1.61. The number of anilines is 1. The van der Waals surface area contributed by atoms with Crippen LogP contribution < -0.4 is 19.7 Å². The Kier molecular flexibility index (Phi) is 3.94. The number of hydrogen-bond donors (Lipinski definition) is 1. The summed E-state index contributed by atoms with van der Waals surface area (Å²) < 4.78 is 10.6. The van der Waals surface area contributed by atoms with Gasteiger partial charge in [-0.05, 0) is 48.7 Å². The number of nitrogens with zero attached hydrogens (tertiary/aromatic N) is 2. The van der Waals surface area contributed by atoms with Crippen LogP contribution in [0, 0.1) is 0 Å². The highest BCUT2D eigenvalue weighted by Gasteiger charge is 2.17. The van der Waals surface area contributed by atoms with Crippen molar-refractivity contribution >= 4 is 11.7 Å². The van der Waals surface area contributed by atoms with E-state index in [0.717, 1.165) is 24.5 Å². The molecule has 0 saturated carbocycles. The van der Waals surface area contributed by atoms with Crippen LogP contribution in [0.2, 0.25) is 0 Å². The smallest absolute Gasteiger partial charge is 0.251 e. The average Bonchev–Trinajstić information content (AvgIpc) is 3.30. The maximum Gasteiger partial charge on any atom is 0.251 e. The molecular formula is C18H19N3O3. The van der Waals surface area contributed by atoms with Gasteiger partial charge in [0.2, 0.25) is 6.79 Å². The minimum atomic E-state index is -0.132. The van der Waals surface area contributed by atoms with Crippen LogP contribution in [0.15, 0.2) is 36.5 Å². The predicted octanol–water partition coefficient (Wildman–Crippen LogP) is 2.34. The lowest BCUT2D eigenvalue weighted by Gasteiger charge is -2.17. The summed E-state index contributed by atoms with van der Waals surface area (Å²) in [6.07, 6.45) is 4.23. The highest BCUT2D eigenvalue weighted by molar-refractivity contribution is 5.94. The number of pyridine rings is 1. The topological polar surface area (TPSA) is 63.7 Å². The van der Waals surface area contributed by atoms with Crippen molar-refractivity contribution in [1.82, 2.24) is 10.3 Å². The molecule has 124 valence electrons. The van der Waals surface area contributed by atoms with Crippen molar-refractivity contribution in [2.45, 2.75) is 19.4 Å². The molecule has 6 heteroatoms. The first-order valence-corrected chi connectivity index (χ1v) is 8.17. The van der Waals surface area contributed by atoms with Gasteiger partial charge in [0.15, 0.2) is 11.5 Å². The Morgan fingerprint density at radius 3 is 2.83 bits per heavy atom. The number of ether oxygens (including phenoxy) is 2. The molecule has 0 atom stereocenters. The second-order valence-corrected chi connectivity index (χ2v) is 5.97. The SMILES string of the molecule is O=C(NCc1ccnc(N2CCCC2)c1)c1ccc2c(c1)OCO2. The first-order valence-electron chi connectivity index (χ1n) is 8.17. The van der Waals surface area contributed by atoms with E-state index in [4.69, 9.17) is 9.47 Å². The molecule has 4 rings (SSSR count). The first-order chi connectivity index (χ1) is 11.8. The molecule has 24 heavy (non-hydrogen) atoms. The molecule has 0 unspecified atom stereocenters. The average molecular weight is 325 g/mol. The van der Waals surface area contributed by atoms with Gasteiger partial charge in [-0.25, -0.2) is 4.98 Å². The summed E-state index contributed by atoms with van der Waals surface area (Å²) in [6.45, 7) is 2.79. The number of hydrogen-bond acceptors (Lipinski definition) is 5. The van der Waals surface area contributed by atoms with Crippen molar-refractivity contribution in [3.05, 3.63) is 47.7 Å². The van der Waals surface area contributed by atoms with Crippen LogP contribution in [-0.2, 0) is 6.54 Å². The number of nitrogens with one attached hydrogen (secondary N) is 1. The van der Waals surface area contributed by atoms with Gasteiger partial charge >= 0.3 is 0 Å². The number of rotatable bonds is 4. The number of aromatic nitrogens is 1. The summed E-state index contributed by atoms with van der Waals surface area (Å²) in [5, 5.41) is 2.94. The predicted molar refractivity (Wildman–Crippen MR) is 89.4 cm³/mol. The third-order valence-electron chi connectivity index (χ3n) is 4.33. The lowest BCUT2D eigenvalue weighted by atomic mass is 10.2. The van der Waals surface area contributed by atoms with Crippen molar-refractivity contribution in [2.24, 2.45) is 0 Å². The zero-order valence-electron chi connectivity index (χ0n) is 13.3. The zero-order valence-corrected chi connectivity index (χ0v) is 13.3. The zero-order chi connectivity index (χ0) is 16.4. The molecule has 0 aliphatic carbocycles. The van der Waals surface area contributed by atoms with Gasteiger partial charge in [-0.1, -0.05) is 0 Å². The Balaban J connectivity index is 1.41. The number of carbonyl (C=O) groups is 1. The van der Waals surface area contributed by atoms with Gasteiger partial charge in [-0.3, -0.25) is 4.79 Å². The molecule has 1 aromatic carbocycles. The molecule has 6 nitrogen and oxygen atoms in total. The third-order valence-corrected chi connectivity index (χ3v) is 4.33. The molecular weight excluding hydrogens is 306 g/mol. The van der Waals surface area contributed by atoms with Crippen LogP contribution in [0.5, 0.6) is 11.5 Å². The van der Waals surface area contributed by atoms with E-state index in [9.17, 15) is 4.79 Å². The van der Waals surface area contributed by atoms with Crippen molar-refractivity contribution < 1.29 is 14.3 Å². The van der Waals surface area contributed by atoms with Gasteiger partial charge in [-0.2, -0.15) is 0 Å². The van der Waals surface area contributed by atoms with Gasteiger partial charge < -0.3 is 19.7 Å². The van der Waals surface area contributed by atoms with Crippen LogP contribution in [0.3, 0.4) is 0 Å². The van der Waals surface area contributed by atoms with E-state index in [2.05, 4.69) is 15.2 Å². The van der Waals surface area contributed by atoms with Gasteiger partial charge in [0.25, 0.3) is 5.91 Å². The number of benzene rings is 1. The molecule has 1 N–H and O–H groups in total. The van der Waals surface area contributed by atoms with Gasteiger partial charge in [-0.15, -0.1) is 0 Å². The molecule has 0 spiro atoms. The fraction of sp³-hybridized carbons (Fsp3) is 0.333. The molecule has 2 aliphatic rings. The minimum Gasteiger partial charge on any atom is -0.454 e. The quantitative estimate of drug-likeness (QED) is 0.935. The Morgan fingerprint density at radius 2 is 1.96 bits per heavy atom. The Labute approximate surface area is 140 Å². The Morgan fingerprint density at radius 1 is 1.12 bits per heavy atom. The Hall–Kier alpha value is -2.76. The lowest BCUT2D eigenvalue weighted by molar-refractivity contribution is 0.0950. The summed E-state index contributed by atoms with van der Waals surface area (Å²) in [5.74, 6) is 2.15. The molecule has 1 amide bonds. The number of fused-ring (bicyclic) bond motifs is 1. The van der Waals surface area contributed by atoms with Crippen LogP contribution in [0.25, 0.3) is 0 Å². The van der Waals surface area contributed by atoms with E-state index in [1.165, 1.54) is 12.8 Å². The summed E-state index contributed by atoms with van der Waals surface area (Å²) in [6, 6.07) is 9.19. The van der Waals surface area contributed by atoms with E-state index >= 15 is 0 Å². The Bertz CT molecular complexity index is 757. The van der Waals surface area contributed by atoms with Crippen molar-refractivity contribution in [3.63, 3.8) is 0 Å². The maximum absolute atomic E-state index is 12.3. The van der Waals surface area contributed by atoms with Crippen molar-refractivity contribution in [3.8, 4) is 11.5 Å². The van der Waals surface area contributed by atoms with Crippen LogP contribution >= 0.6 is 0 Å². The molecule has 1 aromatic heterocycles. The molecule has 2 aliphatic heterocycles. The fourth-order valence-corrected chi connectivity index (χ4v) is 3.01. The number of carbonyl (C=O) groups excluding carboxylic acids is 1. The van der Waals surface area contributed by atoms with E-state index in [-0.39, 0.29) is 12.7 Å². The molecule has 2 aromatic rings. The normalized spacial score (nSPS) is 15.6. The standard InChI is InChI=1S/C18H19N3O3/c22-18(14-3-4-15-16(10-14)24-12-23-15)20-11-13-5-6-19-17(9-13)21-7-1-2-8-21/h3-6,9-10H,1-2,7-8,11-12H2,(H,20,22). The third kappa shape index (κ3) is 2.99. The van der Waals surface area contributed by atoms with Gasteiger partial charge in [0.05, 0.1) is 0 Å². The fourth-order valence-electron chi connectivity index (χ4n) is 3.01. The largest absolute Gasteiger partial charge is 0.454 e. The van der Waals surface area contributed by atoms with Crippen LogP contribution in [-0.4, -0.2) is 30.8 Å². The summed E-state index contributed by atoms with van der Waals surface area (Å²) >= 11 is 0. The second kappa shape index (κ2) is 6.39. The molecule has 3 heterocycles. The highest BCUT2D eigenvalue weighted by Crippen LogP contribution is 2.32. The lowest BCUT2D eigenvalue weighted by Crippen LogP contribution is -2.23. The number of amides is 1. The molecule has 1 saturated heterocycles.